The van der Waals surface area contributed by atoms with Crippen LogP contribution in [-0.4, -0.2) is 17.9 Å². The number of hydrogen-bond acceptors (Lipinski definition) is 5. The van der Waals surface area contributed by atoms with E-state index < -0.39 is 17.7 Å². The number of benzene rings is 1. The van der Waals surface area contributed by atoms with Crippen molar-refractivity contribution in [1.29, 1.82) is 0 Å². The number of ether oxygens (including phenoxy) is 1. The molecule has 1 aromatic carbocycles. The quantitative estimate of drug-likeness (QED) is 0.522. The van der Waals surface area contributed by atoms with E-state index in [9.17, 15) is 9.59 Å². The van der Waals surface area contributed by atoms with Gasteiger partial charge in [0, 0.05) is 44.2 Å². The molecule has 0 saturated heterocycles. The Labute approximate surface area is 193 Å². The molecule has 4 nitrogen and oxygen atoms in total. The number of carbonyl (C=O) groups excluding carboxylic acids is 2. The Morgan fingerprint density at radius 3 is 2.74 bits per heavy atom. The van der Waals surface area contributed by atoms with Crippen molar-refractivity contribution in [3.05, 3.63) is 79.0 Å². The average molecular weight is 504 g/mol. The van der Waals surface area contributed by atoms with Gasteiger partial charge in [-0.3, -0.25) is 4.79 Å². The Bertz CT molecular complexity index is 1100. The number of nitrogens with one attached hydrogen (secondary N) is 1. The van der Waals surface area contributed by atoms with Crippen LogP contribution in [0.25, 0.3) is 0 Å². The summed E-state index contributed by atoms with van der Waals surface area (Å²) >= 11 is 5.03. The van der Waals surface area contributed by atoms with Crippen molar-refractivity contribution in [2.24, 2.45) is 0 Å². The molecule has 2 aliphatic rings. The number of carbonyl (C=O) groups is 2. The van der Waals surface area contributed by atoms with Crippen molar-refractivity contribution < 1.29 is 18.7 Å². The van der Waals surface area contributed by atoms with Gasteiger partial charge >= 0.3 is 5.97 Å². The van der Waals surface area contributed by atoms with Gasteiger partial charge in [0.15, 0.2) is 5.78 Å². The maximum absolute atomic E-state index is 15.0. The summed E-state index contributed by atoms with van der Waals surface area (Å²) in [5.74, 6) is -1.80. The topological polar surface area (TPSA) is 55.4 Å². The van der Waals surface area contributed by atoms with E-state index in [0.29, 0.717) is 34.1 Å². The molecule has 1 aliphatic heterocycles. The number of Topliss-reactive ketones (excluding diaryl/α,β-unsaturated/α-hetero) is 1. The molecule has 0 amide bonds. The third-order valence-electron chi connectivity index (χ3n) is 5.60. The molecule has 0 bridgehead atoms. The number of ketones is 1. The third-order valence-corrected chi connectivity index (χ3v) is 7.13. The van der Waals surface area contributed by atoms with Gasteiger partial charge < -0.3 is 10.1 Å². The van der Waals surface area contributed by atoms with E-state index >= 15 is 4.39 Å². The van der Waals surface area contributed by atoms with Gasteiger partial charge in [-0.15, -0.1) is 11.3 Å². The Morgan fingerprint density at radius 1 is 1.29 bits per heavy atom. The van der Waals surface area contributed by atoms with E-state index in [1.54, 1.807) is 44.2 Å². The van der Waals surface area contributed by atoms with Gasteiger partial charge in [-0.25, -0.2) is 9.18 Å². The van der Waals surface area contributed by atoms with Gasteiger partial charge in [0.1, 0.15) is 5.82 Å². The molecule has 31 heavy (non-hydrogen) atoms. The maximum Gasteiger partial charge on any atom is 0.337 e. The molecule has 4 rings (SSSR count). The fraction of sp³-hybridized carbons (Fsp3) is 0.333. The van der Waals surface area contributed by atoms with Crippen LogP contribution in [0.3, 0.4) is 0 Å². The fourth-order valence-electron chi connectivity index (χ4n) is 4.36. The molecule has 2 heterocycles. The minimum Gasteiger partial charge on any atom is -0.460 e. The summed E-state index contributed by atoms with van der Waals surface area (Å²) in [7, 11) is 0. The van der Waals surface area contributed by atoms with Gasteiger partial charge in [-0.2, -0.15) is 0 Å². The molecule has 162 valence electrons. The number of allylic oxidation sites excluding steroid dienone is 3. The van der Waals surface area contributed by atoms with Crippen LogP contribution < -0.4 is 5.32 Å². The highest BCUT2D eigenvalue weighted by molar-refractivity contribution is 9.10. The standard InChI is InChI=1S/C24H23BrFNO3S/c1-12(2)30-24(29)21-13(3)27-18-9-14(20-5-4-8-31-20)10-19(28)23(18)22(21)16-11-15(25)6-7-17(16)26/h4-8,11-12,14,22,27H,9-10H2,1-3H3/t14-,22+/m0/s1. The van der Waals surface area contributed by atoms with Gasteiger partial charge in [-0.05, 0) is 56.8 Å². The van der Waals surface area contributed by atoms with Crippen LogP contribution in [-0.2, 0) is 14.3 Å². The third kappa shape index (κ3) is 4.26. The molecule has 2 aromatic rings. The first-order valence-corrected chi connectivity index (χ1v) is 11.9. The predicted molar refractivity (Wildman–Crippen MR) is 122 cm³/mol. The largest absolute Gasteiger partial charge is 0.460 e. The second-order valence-corrected chi connectivity index (χ2v) is 10.0. The van der Waals surface area contributed by atoms with Crippen LogP contribution in [0.4, 0.5) is 4.39 Å². The molecule has 1 aliphatic carbocycles. The van der Waals surface area contributed by atoms with Crippen LogP contribution in [0.1, 0.15) is 55.9 Å². The predicted octanol–water partition coefficient (Wildman–Crippen LogP) is 5.96. The summed E-state index contributed by atoms with van der Waals surface area (Å²) in [6, 6.07) is 8.62. The molecule has 0 unspecified atom stereocenters. The zero-order valence-corrected chi connectivity index (χ0v) is 19.9. The molecule has 0 fully saturated rings. The lowest BCUT2D eigenvalue weighted by Crippen LogP contribution is -2.36. The van der Waals surface area contributed by atoms with E-state index in [-0.39, 0.29) is 23.4 Å². The number of esters is 1. The Kier molecular flexibility index (Phi) is 6.17. The minimum absolute atomic E-state index is 0.0705. The molecular weight excluding hydrogens is 481 g/mol. The SMILES string of the molecule is CC1=C(C(=O)OC(C)C)[C@@H](c2cc(Br)ccc2F)C2=C(C[C@H](c3cccs3)CC2=O)N1. The summed E-state index contributed by atoms with van der Waals surface area (Å²) in [6.45, 7) is 5.31. The van der Waals surface area contributed by atoms with Crippen molar-refractivity contribution in [3.8, 4) is 0 Å². The Morgan fingerprint density at radius 2 is 2.06 bits per heavy atom. The van der Waals surface area contributed by atoms with Crippen LogP contribution in [0.15, 0.2) is 62.7 Å². The highest BCUT2D eigenvalue weighted by Gasteiger charge is 2.42. The molecule has 1 N–H and O–H groups in total. The number of rotatable bonds is 4. The molecule has 0 saturated carbocycles. The van der Waals surface area contributed by atoms with E-state index in [0.717, 1.165) is 10.6 Å². The summed E-state index contributed by atoms with van der Waals surface area (Å²) < 4.78 is 21.2. The van der Waals surface area contributed by atoms with Gasteiger partial charge in [-0.1, -0.05) is 22.0 Å². The lowest BCUT2D eigenvalue weighted by Gasteiger charge is -2.36. The van der Waals surface area contributed by atoms with Crippen molar-refractivity contribution >= 4 is 39.0 Å². The smallest absolute Gasteiger partial charge is 0.337 e. The lowest BCUT2D eigenvalue weighted by molar-refractivity contribution is -0.143. The number of hydrogen-bond donors (Lipinski definition) is 1. The van der Waals surface area contributed by atoms with E-state index in [1.165, 1.54) is 6.07 Å². The van der Waals surface area contributed by atoms with E-state index in [1.807, 2.05) is 17.5 Å². The van der Waals surface area contributed by atoms with Crippen LogP contribution in [0.5, 0.6) is 0 Å². The van der Waals surface area contributed by atoms with Crippen molar-refractivity contribution in [2.75, 3.05) is 0 Å². The highest BCUT2D eigenvalue weighted by Crippen LogP contribution is 2.47. The number of halogens is 2. The van der Waals surface area contributed by atoms with Crippen LogP contribution >= 0.6 is 27.3 Å². The lowest BCUT2D eigenvalue weighted by atomic mass is 9.72. The molecule has 1 aromatic heterocycles. The fourth-order valence-corrected chi connectivity index (χ4v) is 5.57. The molecular formula is C24H23BrFNO3S. The first-order valence-electron chi connectivity index (χ1n) is 10.2. The Balaban J connectivity index is 1.85. The van der Waals surface area contributed by atoms with Crippen molar-refractivity contribution in [2.45, 2.75) is 51.6 Å². The number of thiophene rings is 1. The summed E-state index contributed by atoms with van der Waals surface area (Å²) in [4.78, 5) is 27.6. The first kappa shape index (κ1) is 22.0. The molecule has 0 spiro atoms. The van der Waals surface area contributed by atoms with E-state index in [4.69, 9.17) is 4.74 Å². The zero-order chi connectivity index (χ0) is 22.3. The number of dihydropyridines is 1. The summed E-state index contributed by atoms with van der Waals surface area (Å²) in [5.41, 5.74) is 2.39. The monoisotopic (exact) mass is 503 g/mol. The zero-order valence-electron chi connectivity index (χ0n) is 17.5. The van der Waals surface area contributed by atoms with Crippen molar-refractivity contribution in [1.82, 2.24) is 5.32 Å². The van der Waals surface area contributed by atoms with Gasteiger partial charge in [0.05, 0.1) is 17.6 Å². The second-order valence-electron chi connectivity index (χ2n) is 8.15. The maximum atomic E-state index is 15.0. The normalized spacial score (nSPS) is 21.3. The van der Waals surface area contributed by atoms with E-state index in [2.05, 4.69) is 21.2 Å². The van der Waals surface area contributed by atoms with Gasteiger partial charge in [0.25, 0.3) is 0 Å². The first-order chi connectivity index (χ1) is 14.8. The van der Waals surface area contributed by atoms with Crippen LogP contribution in [0, 0.1) is 5.82 Å². The Hall–Kier alpha value is -2.25. The summed E-state index contributed by atoms with van der Waals surface area (Å²) in [5, 5.41) is 5.29. The minimum atomic E-state index is -0.809. The van der Waals surface area contributed by atoms with Crippen LogP contribution in [0.2, 0.25) is 0 Å². The molecule has 0 radical (unpaired) electrons. The summed E-state index contributed by atoms with van der Waals surface area (Å²) in [6.07, 6.45) is 0.637. The molecule has 2 atom stereocenters. The average Bonchev–Trinajstić information content (AvgIpc) is 3.23. The highest BCUT2D eigenvalue weighted by atomic mass is 79.9. The van der Waals surface area contributed by atoms with Gasteiger partial charge in [0.2, 0.25) is 0 Å². The second kappa shape index (κ2) is 8.71. The van der Waals surface area contributed by atoms with Crippen molar-refractivity contribution in [3.63, 3.8) is 0 Å². The molecule has 7 heteroatoms.